The summed E-state index contributed by atoms with van der Waals surface area (Å²) < 4.78 is 0. The topological polar surface area (TPSA) is 110 Å². The van der Waals surface area contributed by atoms with Gasteiger partial charge < -0.3 is 10.6 Å². The lowest BCUT2D eigenvalue weighted by Gasteiger charge is -2.05. The molecule has 2 N–H and O–H groups in total. The Hall–Kier alpha value is -3.29. The van der Waals surface area contributed by atoms with Gasteiger partial charge in [0.15, 0.2) is 0 Å². The number of para-hydroxylation sites is 1. The minimum Gasteiger partial charge on any atom is -0.367 e. The highest BCUT2D eigenvalue weighted by Gasteiger charge is 2.09. The molecule has 8 heteroatoms. The number of rotatable bonds is 7. The van der Waals surface area contributed by atoms with Gasteiger partial charge >= 0.3 is 0 Å². The number of carbonyl (C=O) groups excluding carboxylic acids is 1. The Bertz CT molecular complexity index is 703. The summed E-state index contributed by atoms with van der Waals surface area (Å²) in [4.78, 5) is 30.0. The fraction of sp³-hybridized carbons (Fsp3) is 0.133. The Labute approximate surface area is 132 Å². The molecule has 0 bridgehead atoms. The van der Waals surface area contributed by atoms with Gasteiger partial charge in [0.05, 0.1) is 16.7 Å². The summed E-state index contributed by atoms with van der Waals surface area (Å²) in [6, 6.07) is 6.23. The summed E-state index contributed by atoms with van der Waals surface area (Å²) in [5, 5.41) is 16.5. The predicted molar refractivity (Wildman–Crippen MR) is 85.7 cm³/mol. The molecule has 2 aromatic rings. The van der Waals surface area contributed by atoms with Crippen molar-refractivity contribution in [3.63, 3.8) is 0 Å². The lowest BCUT2D eigenvalue weighted by atomic mass is 10.1. The van der Waals surface area contributed by atoms with Crippen molar-refractivity contribution in [2.45, 2.75) is 0 Å². The summed E-state index contributed by atoms with van der Waals surface area (Å²) in [6.07, 6.45) is 7.40. The van der Waals surface area contributed by atoms with Crippen LogP contribution < -0.4 is 10.6 Å². The molecular weight excluding hydrogens is 298 g/mol. The van der Waals surface area contributed by atoms with E-state index in [9.17, 15) is 14.9 Å². The number of nitrogens with zero attached hydrogens (tertiary/aromatic N) is 3. The van der Waals surface area contributed by atoms with Gasteiger partial charge in [-0.15, -0.1) is 0 Å². The van der Waals surface area contributed by atoms with Crippen molar-refractivity contribution in [1.29, 1.82) is 0 Å². The summed E-state index contributed by atoms with van der Waals surface area (Å²) in [5.74, 6) is 0.293. The summed E-state index contributed by atoms with van der Waals surface area (Å²) in [5.41, 5.74) is 0.339. The molecule has 0 aliphatic carbocycles. The second kappa shape index (κ2) is 8.23. The molecule has 1 aromatic carbocycles. The Morgan fingerprint density at radius 1 is 1.26 bits per heavy atom. The summed E-state index contributed by atoms with van der Waals surface area (Å²) in [7, 11) is 0. The molecule has 8 nitrogen and oxygen atoms in total. The monoisotopic (exact) mass is 313 g/mol. The highest BCUT2D eigenvalue weighted by atomic mass is 16.6. The number of hydrogen-bond donors (Lipinski definition) is 2. The van der Waals surface area contributed by atoms with Crippen molar-refractivity contribution in [3.8, 4) is 0 Å². The fourth-order valence-electron chi connectivity index (χ4n) is 1.79. The van der Waals surface area contributed by atoms with Crippen LogP contribution in [0.25, 0.3) is 6.08 Å². The van der Waals surface area contributed by atoms with E-state index in [1.165, 1.54) is 18.2 Å². The highest BCUT2D eigenvalue weighted by Crippen LogP contribution is 2.18. The number of amides is 1. The lowest BCUT2D eigenvalue weighted by Crippen LogP contribution is -2.27. The van der Waals surface area contributed by atoms with Gasteiger partial charge in [0.2, 0.25) is 5.91 Å². The maximum atomic E-state index is 11.7. The minimum absolute atomic E-state index is 0.0409. The van der Waals surface area contributed by atoms with Crippen molar-refractivity contribution in [3.05, 3.63) is 64.6 Å². The predicted octanol–water partition coefficient (Wildman–Crippen LogP) is 1.63. The second-order valence-corrected chi connectivity index (χ2v) is 4.46. The van der Waals surface area contributed by atoms with Crippen LogP contribution >= 0.6 is 0 Å². The van der Waals surface area contributed by atoms with Gasteiger partial charge in [-0.05, 0) is 12.1 Å². The minimum atomic E-state index is -0.484. The van der Waals surface area contributed by atoms with E-state index in [4.69, 9.17) is 0 Å². The van der Waals surface area contributed by atoms with Crippen molar-refractivity contribution in [2.75, 3.05) is 18.4 Å². The zero-order chi connectivity index (χ0) is 16.5. The van der Waals surface area contributed by atoms with Gasteiger partial charge in [-0.25, -0.2) is 4.98 Å². The summed E-state index contributed by atoms with van der Waals surface area (Å²) in [6.45, 7) is 0.875. The molecule has 1 aromatic heterocycles. The maximum Gasteiger partial charge on any atom is 0.276 e. The van der Waals surface area contributed by atoms with E-state index in [0.717, 1.165) is 0 Å². The van der Waals surface area contributed by atoms with Gasteiger partial charge in [-0.2, -0.15) is 0 Å². The van der Waals surface area contributed by atoms with Gasteiger partial charge in [-0.3, -0.25) is 19.9 Å². The molecule has 118 valence electrons. The quantitative estimate of drug-likeness (QED) is 0.348. The first-order valence-corrected chi connectivity index (χ1v) is 6.86. The molecule has 0 aliphatic rings. The third kappa shape index (κ3) is 5.20. The molecule has 0 saturated carbocycles. The second-order valence-electron chi connectivity index (χ2n) is 4.46. The molecule has 0 radical (unpaired) electrons. The van der Waals surface area contributed by atoms with Crippen LogP contribution in [0.5, 0.6) is 0 Å². The number of anilines is 1. The van der Waals surface area contributed by atoms with E-state index in [2.05, 4.69) is 20.6 Å². The van der Waals surface area contributed by atoms with E-state index >= 15 is 0 Å². The number of nitrogens with one attached hydrogen (secondary N) is 2. The molecule has 0 spiro atoms. The average molecular weight is 313 g/mol. The molecule has 1 amide bonds. The van der Waals surface area contributed by atoms with Gasteiger partial charge in [0, 0.05) is 37.6 Å². The number of benzene rings is 1. The Kier molecular flexibility index (Phi) is 5.75. The fourth-order valence-corrected chi connectivity index (χ4v) is 1.79. The molecule has 2 rings (SSSR count). The van der Waals surface area contributed by atoms with Crippen molar-refractivity contribution in [1.82, 2.24) is 15.3 Å². The molecule has 0 unspecified atom stereocenters. The first-order valence-electron chi connectivity index (χ1n) is 6.86. The Balaban J connectivity index is 1.80. The van der Waals surface area contributed by atoms with E-state index in [0.29, 0.717) is 24.5 Å². The first-order chi connectivity index (χ1) is 11.2. The van der Waals surface area contributed by atoms with Crippen LogP contribution in [-0.4, -0.2) is 33.9 Å². The third-order valence-electron chi connectivity index (χ3n) is 2.84. The van der Waals surface area contributed by atoms with Crippen molar-refractivity contribution >= 4 is 23.5 Å². The molecule has 0 saturated heterocycles. The normalized spacial score (nSPS) is 10.4. The van der Waals surface area contributed by atoms with Crippen LogP contribution in [0.15, 0.2) is 48.9 Å². The zero-order valence-electron chi connectivity index (χ0n) is 12.2. The lowest BCUT2D eigenvalue weighted by molar-refractivity contribution is -0.385. The molecular formula is C15H15N5O3. The van der Waals surface area contributed by atoms with Crippen LogP contribution in [-0.2, 0) is 4.79 Å². The number of aromatic nitrogens is 2. The number of nitro benzene ring substituents is 1. The Morgan fingerprint density at radius 3 is 2.83 bits per heavy atom. The van der Waals surface area contributed by atoms with Crippen LogP contribution in [0.3, 0.4) is 0 Å². The van der Waals surface area contributed by atoms with E-state index in [-0.39, 0.29) is 11.6 Å². The molecule has 1 heterocycles. The van der Waals surface area contributed by atoms with Crippen LogP contribution in [0.1, 0.15) is 5.56 Å². The van der Waals surface area contributed by atoms with E-state index in [1.54, 1.807) is 36.8 Å². The molecule has 23 heavy (non-hydrogen) atoms. The third-order valence-corrected chi connectivity index (χ3v) is 2.84. The van der Waals surface area contributed by atoms with Gasteiger partial charge in [0.1, 0.15) is 5.82 Å². The highest BCUT2D eigenvalue weighted by molar-refractivity contribution is 5.92. The van der Waals surface area contributed by atoms with Crippen molar-refractivity contribution < 1.29 is 9.72 Å². The SMILES string of the molecule is O=C(/C=C/c1ccccc1[N+](=O)[O-])NCCNc1cnccn1. The largest absolute Gasteiger partial charge is 0.367 e. The number of carbonyl (C=O) groups is 1. The summed E-state index contributed by atoms with van der Waals surface area (Å²) >= 11 is 0. The molecule has 0 fully saturated rings. The zero-order valence-corrected chi connectivity index (χ0v) is 12.2. The van der Waals surface area contributed by atoms with E-state index in [1.807, 2.05) is 0 Å². The average Bonchev–Trinajstić information content (AvgIpc) is 2.58. The molecule has 0 atom stereocenters. The van der Waals surface area contributed by atoms with Crippen LogP contribution in [0, 0.1) is 10.1 Å². The van der Waals surface area contributed by atoms with Crippen molar-refractivity contribution in [2.24, 2.45) is 0 Å². The first kappa shape index (κ1) is 16.1. The number of hydrogen-bond acceptors (Lipinski definition) is 6. The van der Waals surface area contributed by atoms with Crippen LogP contribution in [0.2, 0.25) is 0 Å². The smallest absolute Gasteiger partial charge is 0.276 e. The van der Waals surface area contributed by atoms with Gasteiger partial charge in [0.25, 0.3) is 5.69 Å². The van der Waals surface area contributed by atoms with Crippen LogP contribution in [0.4, 0.5) is 11.5 Å². The molecule has 0 aliphatic heterocycles. The van der Waals surface area contributed by atoms with E-state index < -0.39 is 4.92 Å². The Morgan fingerprint density at radius 2 is 2.09 bits per heavy atom. The standard InChI is InChI=1S/C15H15N5O3/c21-15(19-10-9-18-14-11-16-7-8-17-14)6-5-12-3-1-2-4-13(12)20(22)23/h1-8,11H,9-10H2,(H,17,18)(H,19,21)/b6-5+. The van der Waals surface area contributed by atoms with Gasteiger partial charge in [-0.1, -0.05) is 12.1 Å². The number of nitro groups is 1. The maximum absolute atomic E-state index is 11.7.